The Bertz CT molecular complexity index is 3840. The number of fused-ring (bicyclic) bond motifs is 9. The summed E-state index contributed by atoms with van der Waals surface area (Å²) in [5, 5.41) is -3.55. The Hall–Kier alpha value is -6.18. The quantitative estimate of drug-likeness (QED) is 0.180. The van der Waals surface area contributed by atoms with E-state index in [1.54, 1.807) is 24.3 Å². The van der Waals surface area contributed by atoms with Gasteiger partial charge in [-0.15, -0.1) is 0 Å². The molecule has 0 saturated heterocycles. The van der Waals surface area contributed by atoms with Gasteiger partial charge in [-0.2, -0.15) is 0 Å². The molecule has 9 aromatic carbocycles. The lowest BCUT2D eigenvalue weighted by Crippen LogP contribution is -1.92. The molecule has 10 aromatic rings. The largest absolute Gasteiger partial charge is 0.455 e. The third kappa shape index (κ3) is 3.90. The predicted molar refractivity (Wildman–Crippen MR) is 200 cm³/mol. The van der Waals surface area contributed by atoms with E-state index in [0.29, 0.717) is 11.1 Å². The minimum Gasteiger partial charge on any atom is -0.455 e. The van der Waals surface area contributed by atoms with Crippen LogP contribution in [-0.4, -0.2) is 0 Å². The number of benzene rings is 9. The maximum absolute atomic E-state index is 10.0. The van der Waals surface area contributed by atoms with Crippen LogP contribution in [0.3, 0.4) is 0 Å². The van der Waals surface area contributed by atoms with Gasteiger partial charge in [-0.3, -0.25) is 0 Å². The van der Waals surface area contributed by atoms with E-state index in [9.17, 15) is 8.22 Å². The molecule has 0 bridgehead atoms. The normalized spacial score (nSPS) is 17.5. The Morgan fingerprint density at radius 3 is 1.66 bits per heavy atom. The molecule has 0 atom stereocenters. The molecule has 0 N–H and O–H groups in total. The van der Waals surface area contributed by atoms with Crippen molar-refractivity contribution >= 4 is 65.0 Å². The van der Waals surface area contributed by atoms with Gasteiger partial charge < -0.3 is 4.42 Å². The van der Waals surface area contributed by atoms with Crippen molar-refractivity contribution in [2.75, 3.05) is 0 Å². The van der Waals surface area contributed by atoms with Crippen molar-refractivity contribution < 1.29 is 30.5 Å². The van der Waals surface area contributed by atoms with Crippen molar-refractivity contribution in [3.8, 4) is 33.4 Å². The molecule has 0 spiro atoms. The van der Waals surface area contributed by atoms with Crippen LogP contribution in [0.25, 0.3) is 98.4 Å². The second kappa shape index (κ2) is 10.2. The Kier molecular flexibility index (Phi) is 2.96. The monoisotopic (exact) mass is 615 g/mol. The van der Waals surface area contributed by atoms with Gasteiger partial charge in [-0.05, 0) is 83.8 Å². The van der Waals surface area contributed by atoms with Crippen LogP contribution in [0.2, 0.25) is 0 Å². The van der Waals surface area contributed by atoms with Gasteiger partial charge in [-0.25, -0.2) is 0 Å². The molecule has 0 unspecified atom stereocenters. The highest BCUT2D eigenvalue weighted by Gasteiger charge is 2.22. The molecule has 1 heterocycles. The van der Waals surface area contributed by atoms with E-state index in [4.69, 9.17) is 22.2 Å². The van der Waals surface area contributed by atoms with Crippen molar-refractivity contribution in [1.29, 1.82) is 0 Å². The van der Waals surface area contributed by atoms with Crippen LogP contribution in [0.1, 0.15) is 26.0 Å². The molecule has 0 amide bonds. The van der Waals surface area contributed by atoms with Gasteiger partial charge >= 0.3 is 0 Å². The summed E-state index contributed by atoms with van der Waals surface area (Å²) < 4.78 is 179. The number of furan rings is 1. The molecule has 1 nitrogen and oxygen atoms in total. The third-order valence-electron chi connectivity index (χ3n) is 8.43. The Balaban J connectivity index is 1.59. The van der Waals surface area contributed by atoms with Crippen molar-refractivity contribution in [3.63, 3.8) is 0 Å². The van der Waals surface area contributed by atoms with Gasteiger partial charge in [0.25, 0.3) is 0 Å². The predicted octanol–water partition coefficient (Wildman–Crippen LogP) is 13.2. The highest BCUT2D eigenvalue weighted by molar-refractivity contribution is 6.30. The first-order valence-electron chi connectivity index (χ1n) is 24.1. The molecule has 218 valence electrons. The summed E-state index contributed by atoms with van der Waals surface area (Å²) in [7, 11) is 0. The summed E-state index contributed by atoms with van der Waals surface area (Å²) in [6.45, 7) is 0. The molecule has 0 fully saturated rings. The average molecular weight is 616 g/mol. The van der Waals surface area contributed by atoms with Crippen LogP contribution >= 0.6 is 0 Å². The Morgan fingerprint density at radius 1 is 0.404 bits per heavy atom. The smallest absolute Gasteiger partial charge is 0.143 e. The third-order valence-corrected chi connectivity index (χ3v) is 8.43. The lowest BCUT2D eigenvalue weighted by molar-refractivity contribution is 0.676. The molecule has 1 aromatic heterocycles. The molecule has 0 aliphatic rings. The number of hydrogen-bond acceptors (Lipinski definition) is 1. The highest BCUT2D eigenvalue weighted by Crippen LogP contribution is 2.49. The van der Waals surface area contributed by atoms with E-state index in [1.807, 2.05) is 30.3 Å². The highest BCUT2D eigenvalue weighted by atomic mass is 16.3. The molecule has 47 heavy (non-hydrogen) atoms. The van der Waals surface area contributed by atoms with Crippen LogP contribution < -0.4 is 0 Å². The first-order chi connectivity index (χ1) is 31.2. The zero-order valence-electron chi connectivity index (χ0n) is 43.1. The van der Waals surface area contributed by atoms with E-state index >= 15 is 0 Å². The topological polar surface area (TPSA) is 13.1 Å². The van der Waals surface area contributed by atoms with Gasteiger partial charge in [0.1, 0.15) is 11.2 Å². The second-order valence-corrected chi connectivity index (χ2v) is 11.0. The molecule has 0 aliphatic heterocycles. The summed E-state index contributed by atoms with van der Waals surface area (Å²) in [5.74, 6) is 0. The Morgan fingerprint density at radius 2 is 0.957 bits per heavy atom. The van der Waals surface area contributed by atoms with Gasteiger partial charge in [0.2, 0.25) is 0 Å². The van der Waals surface area contributed by atoms with E-state index in [2.05, 4.69) is 0 Å². The molecular formula is C46H28O. The fraction of sp³-hybridized carbons (Fsp3) is 0. The lowest BCUT2D eigenvalue weighted by atomic mass is 9.84. The minimum atomic E-state index is -0.774. The zero-order valence-corrected chi connectivity index (χ0v) is 24.1. The van der Waals surface area contributed by atoms with Crippen LogP contribution in [-0.2, 0) is 0 Å². The van der Waals surface area contributed by atoms with E-state index in [-0.39, 0.29) is 43.3 Å². The van der Waals surface area contributed by atoms with E-state index in [0.717, 1.165) is 5.56 Å². The molecule has 0 aliphatic carbocycles. The second-order valence-electron chi connectivity index (χ2n) is 11.0. The standard InChI is InChI=1S/C46H28O/c1-2-13-29(14-3-1)31-17-12-18-33(27-31)42-36-21-8-10-23-38(36)43(39-24-11-9-22-37(39)42)41-28-32-16-5-7-20-35(32)46-44(41)40-26-25-30-15-4-6-19-34(30)45(40)47-46/h1-28H/i4D,5D,6D,7D,8D,9D,10D,11D,15D,16D,19D,20D,21D,22D,23D,24D,25D,26D,28D. The zero-order chi connectivity index (χ0) is 47.4. The maximum atomic E-state index is 10.0. The van der Waals surface area contributed by atoms with Crippen LogP contribution in [0.5, 0.6) is 0 Å². The fourth-order valence-corrected chi connectivity index (χ4v) is 6.44. The van der Waals surface area contributed by atoms with Crippen molar-refractivity contribution in [2.45, 2.75) is 0 Å². The van der Waals surface area contributed by atoms with Crippen LogP contribution in [0.15, 0.2) is 174 Å². The van der Waals surface area contributed by atoms with Gasteiger partial charge in [0, 0.05) is 21.5 Å². The number of hydrogen-bond donors (Lipinski definition) is 0. The average Bonchev–Trinajstić information content (AvgIpc) is 3.71. The van der Waals surface area contributed by atoms with E-state index < -0.39 is 153 Å². The summed E-state index contributed by atoms with van der Waals surface area (Å²) in [6.07, 6.45) is 0. The molecule has 0 saturated carbocycles. The van der Waals surface area contributed by atoms with Gasteiger partial charge in [0.05, 0.1) is 26.0 Å². The first kappa shape index (κ1) is 13.7. The van der Waals surface area contributed by atoms with Crippen molar-refractivity contribution in [2.24, 2.45) is 0 Å². The fourth-order valence-electron chi connectivity index (χ4n) is 6.44. The van der Waals surface area contributed by atoms with Gasteiger partial charge in [0.15, 0.2) is 0 Å². The van der Waals surface area contributed by atoms with Crippen molar-refractivity contribution in [1.82, 2.24) is 0 Å². The molecule has 10 rings (SSSR count). The maximum Gasteiger partial charge on any atom is 0.143 e. The summed E-state index contributed by atoms with van der Waals surface area (Å²) in [5.41, 5.74) is -0.0476. The summed E-state index contributed by atoms with van der Waals surface area (Å²) in [6, 6.07) is 2.50. The van der Waals surface area contributed by atoms with Gasteiger partial charge in [-0.1, -0.05) is 151 Å². The van der Waals surface area contributed by atoms with Crippen molar-refractivity contribution in [3.05, 3.63) is 169 Å². The van der Waals surface area contributed by atoms with Crippen LogP contribution in [0.4, 0.5) is 0 Å². The molecule has 1 heteroatoms. The van der Waals surface area contributed by atoms with E-state index in [1.165, 1.54) is 0 Å². The molecule has 0 radical (unpaired) electrons. The van der Waals surface area contributed by atoms with Crippen LogP contribution in [0, 0.1) is 0 Å². The summed E-state index contributed by atoms with van der Waals surface area (Å²) >= 11 is 0. The minimum absolute atomic E-state index is 0.0142. The molecular weight excluding hydrogens is 569 g/mol. The summed E-state index contributed by atoms with van der Waals surface area (Å²) in [4.78, 5) is 0. The Labute approximate surface area is 298 Å². The first-order valence-corrected chi connectivity index (χ1v) is 14.6. The lowest BCUT2D eigenvalue weighted by Gasteiger charge is -2.19. The number of rotatable bonds is 3. The SMILES string of the molecule is [2H]c1c([2H])c([2H])c2c(-c3c([2H])c4c([2H])c([2H])c([2H])c([2H])c4c4oc5c6c([2H])c([2H])c([2H])c([2H])c6c([2H])c([2H])c5c34)c3c([2H])c([2H])c([2H])c([2H])c3c(-c3cccc(-c4ccccc4)c3)c2c1[2H].